The van der Waals surface area contributed by atoms with Gasteiger partial charge in [-0.05, 0) is 12.8 Å². The zero-order valence-corrected chi connectivity index (χ0v) is 12.8. The molecule has 114 valence electrons. The molecule has 0 aliphatic heterocycles. The van der Waals surface area contributed by atoms with Gasteiger partial charge in [-0.3, -0.25) is 0 Å². The molecule has 0 aromatic rings. The van der Waals surface area contributed by atoms with Gasteiger partial charge in [-0.25, -0.2) is 4.79 Å². The standard InChI is InChI=1S/C16H32O3/c1-3-5-7-8-9-10-11-12-13-15(16(17)18)19-14-6-4-2/h15H,3-14H2,1-2H3,(H,17,18). The molecule has 3 heteroatoms. The van der Waals surface area contributed by atoms with Gasteiger partial charge in [-0.15, -0.1) is 0 Å². The molecule has 0 aromatic heterocycles. The lowest BCUT2D eigenvalue weighted by Gasteiger charge is -2.13. The highest BCUT2D eigenvalue weighted by Gasteiger charge is 2.16. The van der Waals surface area contributed by atoms with Crippen LogP contribution >= 0.6 is 0 Å². The van der Waals surface area contributed by atoms with Crippen LogP contribution < -0.4 is 0 Å². The second kappa shape index (κ2) is 13.9. The van der Waals surface area contributed by atoms with Gasteiger partial charge in [-0.2, -0.15) is 0 Å². The first kappa shape index (κ1) is 18.4. The Kier molecular flexibility index (Phi) is 13.4. The molecule has 0 rings (SSSR count). The summed E-state index contributed by atoms with van der Waals surface area (Å²) in [6.07, 6.45) is 12.0. The van der Waals surface area contributed by atoms with Gasteiger partial charge >= 0.3 is 5.97 Å². The van der Waals surface area contributed by atoms with E-state index in [-0.39, 0.29) is 0 Å². The van der Waals surface area contributed by atoms with Gasteiger partial charge in [-0.1, -0.05) is 71.6 Å². The van der Waals surface area contributed by atoms with Crippen molar-refractivity contribution in [1.82, 2.24) is 0 Å². The molecule has 0 radical (unpaired) electrons. The number of carboxylic acid groups (broad SMARTS) is 1. The maximum Gasteiger partial charge on any atom is 0.332 e. The number of aliphatic carboxylic acids is 1. The minimum atomic E-state index is -0.806. The second-order valence-electron chi connectivity index (χ2n) is 5.31. The fourth-order valence-corrected chi connectivity index (χ4v) is 2.11. The van der Waals surface area contributed by atoms with Crippen molar-refractivity contribution in [2.75, 3.05) is 6.61 Å². The Morgan fingerprint density at radius 3 is 1.95 bits per heavy atom. The van der Waals surface area contributed by atoms with Crippen LogP contribution in [-0.2, 0) is 9.53 Å². The van der Waals surface area contributed by atoms with Crippen molar-refractivity contribution in [3.63, 3.8) is 0 Å². The Morgan fingerprint density at radius 2 is 1.42 bits per heavy atom. The van der Waals surface area contributed by atoms with Crippen molar-refractivity contribution < 1.29 is 14.6 Å². The molecule has 0 aromatic carbocycles. The van der Waals surface area contributed by atoms with Gasteiger partial charge in [0.25, 0.3) is 0 Å². The van der Waals surface area contributed by atoms with Crippen LogP contribution in [0.25, 0.3) is 0 Å². The molecule has 0 bridgehead atoms. The molecule has 0 fully saturated rings. The predicted molar refractivity (Wildman–Crippen MR) is 79.5 cm³/mol. The lowest BCUT2D eigenvalue weighted by molar-refractivity contribution is -0.151. The topological polar surface area (TPSA) is 46.5 Å². The van der Waals surface area contributed by atoms with E-state index >= 15 is 0 Å². The van der Waals surface area contributed by atoms with Crippen molar-refractivity contribution in [2.24, 2.45) is 0 Å². The number of rotatable bonds is 14. The summed E-state index contributed by atoms with van der Waals surface area (Å²) < 4.78 is 5.40. The van der Waals surface area contributed by atoms with E-state index in [4.69, 9.17) is 9.84 Å². The summed E-state index contributed by atoms with van der Waals surface area (Å²) in [5.74, 6) is -0.806. The van der Waals surface area contributed by atoms with Crippen LogP contribution in [0.15, 0.2) is 0 Å². The fraction of sp³-hybridized carbons (Fsp3) is 0.938. The summed E-state index contributed by atoms with van der Waals surface area (Å²) in [6.45, 7) is 4.88. The first-order valence-corrected chi connectivity index (χ1v) is 8.06. The predicted octanol–water partition coefficient (Wildman–Crippen LogP) is 4.79. The molecule has 0 aliphatic rings. The first-order chi connectivity index (χ1) is 9.22. The highest BCUT2D eigenvalue weighted by atomic mass is 16.5. The fourth-order valence-electron chi connectivity index (χ4n) is 2.11. The monoisotopic (exact) mass is 272 g/mol. The number of ether oxygens (including phenoxy) is 1. The van der Waals surface area contributed by atoms with Gasteiger partial charge in [0.1, 0.15) is 0 Å². The number of carbonyl (C=O) groups is 1. The molecular weight excluding hydrogens is 240 g/mol. The van der Waals surface area contributed by atoms with Crippen LogP contribution in [-0.4, -0.2) is 23.8 Å². The quantitative estimate of drug-likeness (QED) is 0.463. The van der Waals surface area contributed by atoms with E-state index in [1.807, 2.05) is 0 Å². The van der Waals surface area contributed by atoms with E-state index < -0.39 is 12.1 Å². The Morgan fingerprint density at radius 1 is 0.895 bits per heavy atom. The van der Waals surface area contributed by atoms with Gasteiger partial charge in [0.05, 0.1) is 0 Å². The molecular formula is C16H32O3. The summed E-state index contributed by atoms with van der Waals surface area (Å²) >= 11 is 0. The number of carboxylic acids is 1. The first-order valence-electron chi connectivity index (χ1n) is 8.06. The molecule has 0 saturated heterocycles. The number of hydrogen-bond acceptors (Lipinski definition) is 2. The summed E-state index contributed by atoms with van der Waals surface area (Å²) in [5.41, 5.74) is 0. The zero-order valence-electron chi connectivity index (χ0n) is 12.8. The molecule has 1 atom stereocenters. The summed E-state index contributed by atoms with van der Waals surface area (Å²) in [7, 11) is 0. The smallest absolute Gasteiger partial charge is 0.332 e. The van der Waals surface area contributed by atoms with Crippen molar-refractivity contribution in [3.8, 4) is 0 Å². The number of hydrogen-bond donors (Lipinski definition) is 1. The molecule has 0 spiro atoms. The summed E-state index contributed by atoms with van der Waals surface area (Å²) in [6, 6.07) is 0. The minimum Gasteiger partial charge on any atom is -0.479 e. The van der Waals surface area contributed by atoms with Crippen LogP contribution in [0.4, 0.5) is 0 Å². The zero-order chi connectivity index (χ0) is 14.3. The third kappa shape index (κ3) is 12.2. The van der Waals surface area contributed by atoms with Gasteiger partial charge in [0, 0.05) is 6.61 Å². The molecule has 3 nitrogen and oxygen atoms in total. The molecule has 0 amide bonds. The third-order valence-electron chi connectivity index (χ3n) is 3.41. The number of unbranched alkanes of at least 4 members (excludes halogenated alkanes) is 8. The maximum absolute atomic E-state index is 11.0. The van der Waals surface area contributed by atoms with Gasteiger partial charge < -0.3 is 9.84 Å². The Hall–Kier alpha value is -0.570. The molecule has 1 N–H and O–H groups in total. The van der Waals surface area contributed by atoms with E-state index in [0.717, 1.165) is 25.7 Å². The van der Waals surface area contributed by atoms with E-state index in [9.17, 15) is 4.79 Å². The third-order valence-corrected chi connectivity index (χ3v) is 3.41. The second-order valence-corrected chi connectivity index (χ2v) is 5.31. The van der Waals surface area contributed by atoms with Crippen LogP contribution in [0.1, 0.15) is 84.5 Å². The van der Waals surface area contributed by atoms with Gasteiger partial charge in [0.15, 0.2) is 6.10 Å². The Labute approximate surface area is 118 Å². The highest BCUT2D eigenvalue weighted by molar-refractivity contribution is 5.72. The van der Waals surface area contributed by atoms with Crippen molar-refractivity contribution in [1.29, 1.82) is 0 Å². The van der Waals surface area contributed by atoms with Crippen molar-refractivity contribution in [3.05, 3.63) is 0 Å². The molecule has 19 heavy (non-hydrogen) atoms. The molecule has 0 heterocycles. The van der Waals surface area contributed by atoms with E-state index in [2.05, 4.69) is 13.8 Å². The highest BCUT2D eigenvalue weighted by Crippen LogP contribution is 2.12. The van der Waals surface area contributed by atoms with E-state index in [1.165, 1.54) is 38.5 Å². The average molecular weight is 272 g/mol. The molecule has 1 unspecified atom stereocenters. The lowest BCUT2D eigenvalue weighted by atomic mass is 10.1. The minimum absolute atomic E-state index is 0.574. The summed E-state index contributed by atoms with van der Waals surface area (Å²) in [5, 5.41) is 9.05. The summed E-state index contributed by atoms with van der Waals surface area (Å²) in [4.78, 5) is 11.0. The molecule has 0 aliphatic carbocycles. The van der Waals surface area contributed by atoms with Gasteiger partial charge in [0.2, 0.25) is 0 Å². The normalized spacial score (nSPS) is 12.5. The van der Waals surface area contributed by atoms with Crippen LogP contribution in [0.3, 0.4) is 0 Å². The Bertz CT molecular complexity index is 204. The maximum atomic E-state index is 11.0. The lowest BCUT2D eigenvalue weighted by Crippen LogP contribution is -2.24. The van der Waals surface area contributed by atoms with Crippen molar-refractivity contribution >= 4 is 5.97 Å². The van der Waals surface area contributed by atoms with Crippen molar-refractivity contribution in [2.45, 2.75) is 90.6 Å². The van der Waals surface area contributed by atoms with E-state index in [1.54, 1.807) is 0 Å². The van der Waals surface area contributed by atoms with Crippen LogP contribution in [0.2, 0.25) is 0 Å². The SMILES string of the molecule is CCCCCCCCCCC(OCCCC)C(=O)O. The Balaban J connectivity index is 3.45. The largest absolute Gasteiger partial charge is 0.479 e. The van der Waals surface area contributed by atoms with E-state index in [0.29, 0.717) is 13.0 Å². The van der Waals surface area contributed by atoms with Crippen LogP contribution in [0.5, 0.6) is 0 Å². The average Bonchev–Trinajstić information content (AvgIpc) is 2.39. The molecule has 0 saturated carbocycles. The van der Waals surface area contributed by atoms with Crippen LogP contribution in [0, 0.1) is 0 Å².